The molecule has 524 valence electrons. The Labute approximate surface area is 544 Å². The van der Waals surface area contributed by atoms with Crippen molar-refractivity contribution in [2.75, 3.05) is 20.3 Å². The van der Waals surface area contributed by atoms with E-state index in [1.165, 1.54) is 6.92 Å². The number of likely N-dealkylation sites (N-methyl/N-ethyl adjacent to an activating group) is 1. The van der Waals surface area contributed by atoms with E-state index < -0.39 is 212 Å². The van der Waals surface area contributed by atoms with Crippen LogP contribution in [0.4, 0.5) is 8.78 Å². The Balaban J connectivity index is 1.91. The first-order valence-corrected chi connectivity index (χ1v) is 32.8. The molecule has 1 heterocycles. The third-order valence-corrected chi connectivity index (χ3v) is 17.9. The molecule has 1 aromatic rings. The number of carbonyl (C=O) groups is 12. The summed E-state index contributed by atoms with van der Waals surface area (Å²) in [6, 6.07) is -5.53. The van der Waals surface area contributed by atoms with Gasteiger partial charge in [-0.15, -0.1) is 0 Å². The number of hydrogen-bond acceptors (Lipinski definition) is 16. The SMILES string of the molecule is CCCCCCC[C@@H]1NC(=O)[C@H](NC(=O)[C@H](CO)NC(=O)[C@@H](NC(=O)[C@H](NC(=O)[C@@H](CCC(N)=O)NC(=O)[C@H](CO)NC(=O)[C@@H](NC(=O)[C@@H](Cc2ccccc2)NC)[C@@H](C)CC)[C@@H](C)CC)[C@@H](C)CC)[C@H](C)OC(=O)[C@H]([C@@H](C)CC)NC(=O)C2(CC2CC(F)F)NC1=O. The molecular weight excluding hydrogens is 1210 g/mol. The quantitative estimate of drug-likeness (QED) is 0.0316. The number of nitrogens with two attached hydrogens (primary N) is 1. The number of benzene rings is 1. The summed E-state index contributed by atoms with van der Waals surface area (Å²) in [6.07, 6.45) is -1.10. The van der Waals surface area contributed by atoms with E-state index in [2.05, 4.69) is 58.5 Å². The molecule has 1 spiro atoms. The first-order valence-electron chi connectivity index (χ1n) is 32.8. The van der Waals surface area contributed by atoms with Gasteiger partial charge in [0.2, 0.25) is 71.4 Å². The summed E-state index contributed by atoms with van der Waals surface area (Å²) in [6.45, 7) is 14.6. The van der Waals surface area contributed by atoms with E-state index >= 15 is 0 Å². The summed E-state index contributed by atoms with van der Waals surface area (Å²) in [5.41, 5.74) is 4.47. The van der Waals surface area contributed by atoms with Gasteiger partial charge in [0, 0.05) is 12.8 Å². The number of amides is 11. The zero-order valence-electron chi connectivity index (χ0n) is 55.8. The van der Waals surface area contributed by atoms with Crippen LogP contribution >= 0.6 is 0 Å². The van der Waals surface area contributed by atoms with Gasteiger partial charge in [-0.25, -0.2) is 13.6 Å². The van der Waals surface area contributed by atoms with Crippen molar-refractivity contribution >= 4 is 70.9 Å². The molecule has 1 aliphatic heterocycles. The number of carbonyl (C=O) groups excluding carboxylic acids is 12. The Bertz CT molecular complexity index is 2680. The van der Waals surface area contributed by atoms with Crippen molar-refractivity contribution in [2.24, 2.45) is 35.3 Å². The highest BCUT2D eigenvalue weighted by Gasteiger charge is 2.62. The Morgan fingerprint density at radius 3 is 1.63 bits per heavy atom. The van der Waals surface area contributed by atoms with Crippen LogP contribution in [0.25, 0.3) is 0 Å². The second-order valence-corrected chi connectivity index (χ2v) is 24.9. The number of unbranched alkanes of at least 4 members (excludes halogenated alkanes) is 4. The van der Waals surface area contributed by atoms with Gasteiger partial charge < -0.3 is 79.2 Å². The number of aliphatic hydroxyl groups is 2. The molecule has 27 nitrogen and oxygen atoms in total. The van der Waals surface area contributed by atoms with Crippen LogP contribution in [-0.2, 0) is 68.7 Å². The van der Waals surface area contributed by atoms with E-state index in [0.29, 0.717) is 25.7 Å². The molecule has 2 fully saturated rings. The molecule has 3 rings (SSSR count). The lowest BCUT2D eigenvalue weighted by Gasteiger charge is -2.31. The molecule has 1 aromatic carbocycles. The maximum Gasteiger partial charge on any atom is 0.329 e. The van der Waals surface area contributed by atoms with Crippen molar-refractivity contribution in [3.8, 4) is 0 Å². The molecule has 2 aliphatic rings. The lowest BCUT2D eigenvalue weighted by atomic mass is 9.94. The molecular formula is C64H104F2N12O15. The van der Waals surface area contributed by atoms with Crippen LogP contribution in [0.1, 0.15) is 165 Å². The molecule has 15 N–H and O–H groups in total. The summed E-state index contributed by atoms with van der Waals surface area (Å²) in [5.74, 6) is -14.8. The summed E-state index contributed by atoms with van der Waals surface area (Å²) in [4.78, 5) is 168. The van der Waals surface area contributed by atoms with Crippen LogP contribution in [0.2, 0.25) is 0 Å². The number of esters is 1. The molecule has 1 saturated carbocycles. The minimum absolute atomic E-state index is 0.0127. The highest BCUT2D eigenvalue weighted by molar-refractivity contribution is 6.01. The Morgan fingerprint density at radius 1 is 0.645 bits per heavy atom. The average molecular weight is 1320 g/mol. The topological polar surface area (TPSA) is 413 Å². The van der Waals surface area contributed by atoms with E-state index in [4.69, 9.17) is 10.5 Å². The van der Waals surface area contributed by atoms with Gasteiger partial charge in [-0.3, -0.25) is 52.7 Å². The largest absolute Gasteiger partial charge is 0.458 e. The number of nitrogens with one attached hydrogen (secondary N) is 11. The van der Waals surface area contributed by atoms with Crippen LogP contribution in [0.5, 0.6) is 0 Å². The predicted octanol–water partition coefficient (Wildman–Crippen LogP) is 0.451. The molecule has 2 unspecified atom stereocenters. The molecule has 0 bridgehead atoms. The standard InChI is InChI=1S/C64H104F2N12O15/c1-12-17-18-19-23-26-41-57(86)78-64(31-40(64)30-46(65)66)63(92)77-51(37(9)16-5)62(91)93-38(10)52(61(90)70-41)76-56(85)45(33-80)72-59(88)49(35(7)14-3)75-60(89)50(36(8)15-4)73-53(82)42(27-28-47(67)81)69-55(84)44(32-79)71-58(87)48(34(6)13-2)74-54(83)43(68-11)29-39-24-21-20-22-25-39/h20-22,24-25,34-38,40-46,48-52,68,79-80H,12-19,23,26-33H2,1-11H3,(H2,67,81)(H,69,84)(H,70,90)(H,71,87)(H,72,88)(H,73,82)(H,74,83)(H,75,89)(H,76,85)(H,77,92)(H,78,86)/t34-,35-,36-,37-,38-,40?,41-,42+,43+,44-,45-,48-,49-,50+,51-,52+,64?/m0/s1. The van der Waals surface area contributed by atoms with Crippen LogP contribution in [0, 0.1) is 29.6 Å². The van der Waals surface area contributed by atoms with Gasteiger partial charge >= 0.3 is 5.97 Å². The summed E-state index contributed by atoms with van der Waals surface area (Å²) in [5, 5.41) is 49.6. The average Bonchev–Trinajstić information content (AvgIpc) is 1.58. The first kappa shape index (κ1) is 79.8. The lowest BCUT2D eigenvalue weighted by molar-refractivity contribution is -0.157. The van der Waals surface area contributed by atoms with Gasteiger partial charge in [0.25, 0.3) is 0 Å². The Kier molecular flexibility index (Phi) is 33.8. The Morgan fingerprint density at radius 2 is 1.14 bits per heavy atom. The van der Waals surface area contributed by atoms with Crippen molar-refractivity contribution < 1.29 is 81.3 Å². The smallest absolute Gasteiger partial charge is 0.329 e. The van der Waals surface area contributed by atoms with Gasteiger partial charge in [-0.2, -0.15) is 0 Å². The summed E-state index contributed by atoms with van der Waals surface area (Å²) in [7, 11) is 1.59. The van der Waals surface area contributed by atoms with Crippen molar-refractivity contribution in [2.45, 2.75) is 244 Å². The molecule has 29 heteroatoms. The van der Waals surface area contributed by atoms with Gasteiger partial charge in [-0.1, -0.05) is 150 Å². The van der Waals surface area contributed by atoms with Gasteiger partial charge in [-0.05, 0) is 74.8 Å². The molecule has 0 aromatic heterocycles. The number of cyclic esters (lactones) is 1. The summed E-state index contributed by atoms with van der Waals surface area (Å²) < 4.78 is 33.4. The maximum atomic E-state index is 14.5. The van der Waals surface area contributed by atoms with Gasteiger partial charge in [0.05, 0.1) is 19.3 Å². The molecule has 11 amide bonds. The third kappa shape index (κ3) is 24.1. The number of ether oxygens (including phenoxy) is 1. The van der Waals surface area contributed by atoms with E-state index in [-0.39, 0.29) is 32.1 Å². The van der Waals surface area contributed by atoms with E-state index in [1.54, 1.807) is 62.4 Å². The number of halogens is 2. The van der Waals surface area contributed by atoms with E-state index in [1.807, 2.05) is 37.3 Å². The first-order chi connectivity index (χ1) is 44.0. The zero-order chi connectivity index (χ0) is 69.9. The third-order valence-electron chi connectivity index (χ3n) is 17.9. The van der Waals surface area contributed by atoms with Gasteiger partial charge in [0.1, 0.15) is 66.0 Å². The lowest BCUT2D eigenvalue weighted by Crippen LogP contribution is -2.63. The number of alkyl halides is 2. The number of hydrogen-bond donors (Lipinski definition) is 14. The highest BCUT2D eigenvalue weighted by Crippen LogP contribution is 2.48. The monoisotopic (exact) mass is 1320 g/mol. The van der Waals surface area contributed by atoms with Crippen LogP contribution in [0.3, 0.4) is 0 Å². The summed E-state index contributed by atoms with van der Waals surface area (Å²) >= 11 is 0. The maximum absolute atomic E-state index is 14.5. The second kappa shape index (κ2) is 39.3. The van der Waals surface area contributed by atoms with Crippen LogP contribution < -0.4 is 64.2 Å². The zero-order valence-corrected chi connectivity index (χ0v) is 55.8. The fourth-order valence-electron chi connectivity index (χ4n) is 10.8. The Hall–Kier alpha value is -7.40. The van der Waals surface area contributed by atoms with Crippen molar-refractivity contribution in [1.82, 2.24) is 58.5 Å². The van der Waals surface area contributed by atoms with Crippen LogP contribution in [0.15, 0.2) is 30.3 Å². The molecule has 17 atom stereocenters. The van der Waals surface area contributed by atoms with Gasteiger partial charge in [0.15, 0.2) is 0 Å². The fourth-order valence-corrected chi connectivity index (χ4v) is 10.8. The molecule has 93 heavy (non-hydrogen) atoms. The van der Waals surface area contributed by atoms with Crippen molar-refractivity contribution in [1.29, 1.82) is 0 Å². The molecule has 1 saturated heterocycles. The molecule has 1 aliphatic carbocycles. The second-order valence-electron chi connectivity index (χ2n) is 24.9. The van der Waals surface area contributed by atoms with E-state index in [9.17, 15) is 76.5 Å². The highest BCUT2D eigenvalue weighted by atomic mass is 19.3. The minimum atomic E-state index is -2.83. The van der Waals surface area contributed by atoms with E-state index in [0.717, 1.165) is 24.8 Å². The fraction of sp³-hybridized carbons (Fsp3) is 0.719. The normalized spacial score (nSPS) is 22.8. The minimum Gasteiger partial charge on any atom is -0.458 e. The number of primary amides is 1. The number of aliphatic hydroxyl groups excluding tert-OH is 2. The van der Waals surface area contributed by atoms with Crippen molar-refractivity contribution in [3.63, 3.8) is 0 Å². The predicted molar refractivity (Wildman–Crippen MR) is 339 cm³/mol. The number of rotatable bonds is 38. The van der Waals surface area contributed by atoms with Crippen molar-refractivity contribution in [3.05, 3.63) is 35.9 Å². The van der Waals surface area contributed by atoms with Crippen LogP contribution in [-0.4, -0.2) is 180 Å². The molecule has 0 radical (unpaired) electrons.